The summed E-state index contributed by atoms with van der Waals surface area (Å²) < 4.78 is 18.6. The molecule has 2 rings (SSSR count). The van der Waals surface area contributed by atoms with Crippen LogP contribution in [0.2, 0.25) is 0 Å². The number of hydrogen-bond donors (Lipinski definition) is 2. The van der Waals surface area contributed by atoms with E-state index in [2.05, 4.69) is 10.6 Å². The van der Waals surface area contributed by atoms with Crippen molar-refractivity contribution in [2.75, 3.05) is 11.9 Å². The van der Waals surface area contributed by atoms with Gasteiger partial charge in [-0.2, -0.15) is 0 Å². The summed E-state index contributed by atoms with van der Waals surface area (Å²) in [5, 5.41) is 5.48. The van der Waals surface area contributed by atoms with Gasteiger partial charge in [0.05, 0.1) is 11.3 Å². The first kappa shape index (κ1) is 18.4. The van der Waals surface area contributed by atoms with Crippen molar-refractivity contribution in [1.82, 2.24) is 5.32 Å². The van der Waals surface area contributed by atoms with E-state index >= 15 is 0 Å². The first-order chi connectivity index (χ1) is 12.0. The first-order valence-corrected chi connectivity index (χ1v) is 8.08. The Hall–Kier alpha value is -2.89. The molecule has 2 N–H and O–H groups in total. The van der Waals surface area contributed by atoms with Crippen LogP contribution in [0.1, 0.15) is 30.6 Å². The van der Waals surface area contributed by atoms with Crippen LogP contribution in [0.4, 0.5) is 10.1 Å². The fraction of sp³-hybridized carbons (Fsp3) is 0.263. The molecule has 1 atom stereocenters. The number of carbonyl (C=O) groups is 2. The van der Waals surface area contributed by atoms with Crippen molar-refractivity contribution in [3.05, 3.63) is 59.9 Å². The van der Waals surface area contributed by atoms with E-state index in [1.807, 2.05) is 13.8 Å². The molecule has 2 aromatic rings. The third kappa shape index (κ3) is 5.31. The fourth-order valence-electron chi connectivity index (χ4n) is 2.09. The molecule has 0 aliphatic rings. The van der Waals surface area contributed by atoms with Gasteiger partial charge >= 0.3 is 0 Å². The lowest BCUT2D eigenvalue weighted by Gasteiger charge is -2.15. The van der Waals surface area contributed by atoms with Gasteiger partial charge in [-0.15, -0.1) is 0 Å². The summed E-state index contributed by atoms with van der Waals surface area (Å²) in [6.45, 7) is 3.52. The summed E-state index contributed by atoms with van der Waals surface area (Å²) in [4.78, 5) is 24.4. The predicted octanol–water partition coefficient (Wildman–Crippen LogP) is 3.37. The Morgan fingerprint density at radius 2 is 1.80 bits per heavy atom. The van der Waals surface area contributed by atoms with E-state index < -0.39 is 11.7 Å². The molecule has 0 aromatic heterocycles. The molecule has 0 spiro atoms. The number of amides is 2. The minimum atomic E-state index is -0.538. The van der Waals surface area contributed by atoms with Gasteiger partial charge in [0.25, 0.3) is 11.8 Å². The van der Waals surface area contributed by atoms with E-state index in [-0.39, 0.29) is 24.3 Å². The molecule has 0 bridgehead atoms. The van der Waals surface area contributed by atoms with Gasteiger partial charge in [0.15, 0.2) is 18.2 Å². The van der Waals surface area contributed by atoms with E-state index in [4.69, 9.17) is 4.74 Å². The minimum Gasteiger partial charge on any atom is -0.481 e. The highest BCUT2D eigenvalue weighted by Gasteiger charge is 2.15. The number of para-hydroxylation sites is 2. The van der Waals surface area contributed by atoms with Crippen molar-refractivity contribution < 1.29 is 18.7 Å². The summed E-state index contributed by atoms with van der Waals surface area (Å²) >= 11 is 0. The lowest BCUT2D eigenvalue weighted by atomic mass is 10.1. The summed E-state index contributed by atoms with van der Waals surface area (Å²) in [7, 11) is 0. The highest BCUT2D eigenvalue weighted by atomic mass is 19.1. The largest absolute Gasteiger partial charge is 0.481 e. The normalized spacial score (nSPS) is 11.5. The molecule has 0 saturated carbocycles. The van der Waals surface area contributed by atoms with Crippen LogP contribution in [0.3, 0.4) is 0 Å². The SMILES string of the molecule is CC[C@H](C)NC(=O)c1ccccc1NC(=O)COc1ccccc1F. The number of rotatable bonds is 7. The van der Waals surface area contributed by atoms with E-state index in [1.54, 1.807) is 30.3 Å². The van der Waals surface area contributed by atoms with Crippen molar-refractivity contribution in [3.8, 4) is 5.75 Å². The van der Waals surface area contributed by atoms with Gasteiger partial charge in [-0.1, -0.05) is 31.2 Å². The van der Waals surface area contributed by atoms with E-state index in [0.29, 0.717) is 11.3 Å². The second-order valence-corrected chi connectivity index (χ2v) is 5.60. The second-order valence-electron chi connectivity index (χ2n) is 5.60. The van der Waals surface area contributed by atoms with E-state index in [1.165, 1.54) is 18.2 Å². The molecule has 0 saturated heterocycles. The van der Waals surface area contributed by atoms with Crippen LogP contribution >= 0.6 is 0 Å². The van der Waals surface area contributed by atoms with Crippen LogP contribution in [0.15, 0.2) is 48.5 Å². The molecule has 0 aliphatic heterocycles. The molecule has 0 fully saturated rings. The predicted molar refractivity (Wildman–Crippen MR) is 94.2 cm³/mol. The van der Waals surface area contributed by atoms with Gasteiger partial charge in [-0.05, 0) is 37.6 Å². The highest BCUT2D eigenvalue weighted by Crippen LogP contribution is 2.17. The zero-order valence-corrected chi connectivity index (χ0v) is 14.2. The first-order valence-electron chi connectivity index (χ1n) is 8.08. The molecule has 132 valence electrons. The fourth-order valence-corrected chi connectivity index (χ4v) is 2.09. The molecule has 2 amide bonds. The summed E-state index contributed by atoms with van der Waals surface area (Å²) in [6, 6.07) is 12.6. The second kappa shape index (κ2) is 8.82. The van der Waals surface area contributed by atoms with E-state index in [0.717, 1.165) is 6.42 Å². The molecule has 0 radical (unpaired) electrons. The Kier molecular flexibility index (Phi) is 6.51. The Balaban J connectivity index is 2.01. The molecular weight excluding hydrogens is 323 g/mol. The lowest BCUT2D eigenvalue weighted by molar-refractivity contribution is -0.118. The van der Waals surface area contributed by atoms with Crippen LogP contribution in [0.5, 0.6) is 5.75 Å². The van der Waals surface area contributed by atoms with Crippen molar-refractivity contribution in [3.63, 3.8) is 0 Å². The summed E-state index contributed by atoms with van der Waals surface area (Å²) in [5.74, 6) is -1.28. The van der Waals surface area contributed by atoms with Gasteiger partial charge in [0.2, 0.25) is 0 Å². The number of benzene rings is 2. The third-order valence-electron chi connectivity index (χ3n) is 3.63. The Bertz CT molecular complexity index is 749. The molecule has 6 heteroatoms. The molecule has 5 nitrogen and oxygen atoms in total. The standard InChI is InChI=1S/C19H21FN2O3/c1-3-13(2)21-19(24)14-8-4-6-10-16(14)22-18(23)12-25-17-11-7-5-9-15(17)20/h4-11,13H,3,12H2,1-2H3,(H,21,24)(H,22,23)/t13-/m0/s1. The maximum atomic E-state index is 13.5. The van der Waals surface area contributed by atoms with Crippen molar-refractivity contribution in [2.45, 2.75) is 26.3 Å². The monoisotopic (exact) mass is 344 g/mol. The van der Waals surface area contributed by atoms with Crippen molar-refractivity contribution in [2.24, 2.45) is 0 Å². The van der Waals surface area contributed by atoms with Crippen LogP contribution in [0.25, 0.3) is 0 Å². The zero-order valence-electron chi connectivity index (χ0n) is 14.2. The number of ether oxygens (including phenoxy) is 1. The molecule has 0 heterocycles. The number of halogens is 1. The van der Waals surface area contributed by atoms with E-state index in [9.17, 15) is 14.0 Å². The van der Waals surface area contributed by atoms with Gasteiger partial charge in [0, 0.05) is 6.04 Å². The summed E-state index contributed by atoms with van der Waals surface area (Å²) in [6.07, 6.45) is 0.802. The average Bonchev–Trinajstić information content (AvgIpc) is 2.61. The van der Waals surface area contributed by atoms with Gasteiger partial charge < -0.3 is 15.4 Å². The number of carbonyl (C=O) groups excluding carboxylic acids is 2. The van der Waals surface area contributed by atoms with Crippen molar-refractivity contribution >= 4 is 17.5 Å². The molecular formula is C19H21FN2O3. The van der Waals surface area contributed by atoms with Gasteiger partial charge in [-0.25, -0.2) is 4.39 Å². The molecule has 25 heavy (non-hydrogen) atoms. The Morgan fingerprint density at radius 3 is 2.52 bits per heavy atom. The van der Waals surface area contributed by atoms with Crippen LogP contribution in [-0.4, -0.2) is 24.5 Å². The molecule has 0 unspecified atom stereocenters. The van der Waals surface area contributed by atoms with Crippen LogP contribution < -0.4 is 15.4 Å². The maximum absolute atomic E-state index is 13.5. The summed E-state index contributed by atoms with van der Waals surface area (Å²) in [5.41, 5.74) is 0.743. The Morgan fingerprint density at radius 1 is 1.12 bits per heavy atom. The average molecular weight is 344 g/mol. The molecule has 0 aliphatic carbocycles. The minimum absolute atomic E-state index is 0.000416. The molecule has 2 aromatic carbocycles. The van der Waals surface area contributed by atoms with Crippen LogP contribution in [-0.2, 0) is 4.79 Å². The highest BCUT2D eigenvalue weighted by molar-refractivity contribution is 6.04. The number of anilines is 1. The maximum Gasteiger partial charge on any atom is 0.262 e. The number of nitrogens with one attached hydrogen (secondary N) is 2. The Labute approximate surface area is 146 Å². The van der Waals surface area contributed by atoms with Crippen LogP contribution in [0, 0.1) is 5.82 Å². The smallest absolute Gasteiger partial charge is 0.262 e. The topological polar surface area (TPSA) is 67.4 Å². The van der Waals surface area contributed by atoms with Crippen molar-refractivity contribution in [1.29, 1.82) is 0 Å². The third-order valence-corrected chi connectivity index (χ3v) is 3.63. The van der Waals surface area contributed by atoms with Gasteiger partial charge in [-0.3, -0.25) is 9.59 Å². The quantitative estimate of drug-likeness (QED) is 0.809. The van der Waals surface area contributed by atoms with Gasteiger partial charge in [0.1, 0.15) is 0 Å². The number of hydrogen-bond acceptors (Lipinski definition) is 3. The lowest BCUT2D eigenvalue weighted by Crippen LogP contribution is -2.33. The zero-order chi connectivity index (χ0) is 18.2.